The Morgan fingerprint density at radius 1 is 1.10 bits per heavy atom. The van der Waals surface area contributed by atoms with Gasteiger partial charge in [-0.3, -0.25) is 14.6 Å². The fourth-order valence-electron chi connectivity index (χ4n) is 3.39. The molecule has 4 rings (SSSR count). The lowest BCUT2D eigenvalue weighted by Crippen LogP contribution is -2.28. The number of Topliss-reactive ketones (excluding diaryl/α,β-unsaturated/α-hetero) is 1. The number of ketones is 1. The number of carbonyl (C=O) groups excluding carboxylic acids is 1. The van der Waals surface area contributed by atoms with E-state index < -0.39 is 11.4 Å². The molecule has 0 atom stereocenters. The van der Waals surface area contributed by atoms with E-state index in [9.17, 15) is 14.0 Å². The van der Waals surface area contributed by atoms with Crippen LogP contribution in [0.4, 0.5) is 15.8 Å². The van der Waals surface area contributed by atoms with E-state index in [1.807, 2.05) is 24.3 Å². The molecule has 2 aromatic heterocycles. The van der Waals surface area contributed by atoms with E-state index in [1.165, 1.54) is 35.9 Å². The monoisotopic (exact) mass is 402 g/mol. The molecule has 0 unspecified atom stereocenters. The Balaban J connectivity index is 1.98. The maximum Gasteiger partial charge on any atom is 0.291 e. The summed E-state index contributed by atoms with van der Waals surface area (Å²) in [5.41, 5.74) is 2.01. The van der Waals surface area contributed by atoms with Crippen LogP contribution in [0.5, 0.6) is 0 Å². The highest BCUT2D eigenvalue weighted by Crippen LogP contribution is 2.30. The molecule has 1 N–H and O–H groups in total. The number of aryl methyl sites for hydroxylation is 1. The molecule has 0 bridgehead atoms. The van der Waals surface area contributed by atoms with Crippen molar-refractivity contribution in [3.05, 3.63) is 82.5 Å². The van der Waals surface area contributed by atoms with E-state index in [0.29, 0.717) is 29.0 Å². The zero-order chi connectivity index (χ0) is 21.3. The third-order valence-corrected chi connectivity index (χ3v) is 4.82. The zero-order valence-electron chi connectivity index (χ0n) is 16.5. The van der Waals surface area contributed by atoms with Gasteiger partial charge in [-0.25, -0.2) is 9.07 Å². The number of nitrogens with one attached hydrogen (secondary N) is 1. The average Bonchev–Trinajstić information content (AvgIpc) is 2.75. The summed E-state index contributed by atoms with van der Waals surface area (Å²) in [5.74, 6) is -0.718. The number of anilines is 2. The van der Waals surface area contributed by atoms with Crippen molar-refractivity contribution in [3.63, 3.8) is 0 Å². The number of para-hydroxylation sites is 1. The van der Waals surface area contributed by atoms with Crippen molar-refractivity contribution < 1.29 is 9.18 Å². The van der Waals surface area contributed by atoms with Crippen LogP contribution in [-0.2, 0) is 6.54 Å². The molecule has 0 radical (unpaired) electrons. The minimum Gasteiger partial charge on any atom is -0.349 e. The lowest BCUT2D eigenvalue weighted by atomic mass is 10.0. The van der Waals surface area contributed by atoms with Crippen LogP contribution in [0.25, 0.3) is 22.2 Å². The van der Waals surface area contributed by atoms with Crippen molar-refractivity contribution in [1.29, 1.82) is 0 Å². The zero-order valence-corrected chi connectivity index (χ0v) is 16.5. The Hall–Kier alpha value is -3.87. The minimum absolute atomic E-state index is 0.122. The lowest BCUT2D eigenvalue weighted by molar-refractivity contribution is 0.101. The van der Waals surface area contributed by atoms with Gasteiger partial charge < -0.3 is 5.32 Å². The molecule has 0 amide bonds. The van der Waals surface area contributed by atoms with Gasteiger partial charge in [-0.15, -0.1) is 0 Å². The predicted molar refractivity (Wildman–Crippen MR) is 115 cm³/mol. The summed E-state index contributed by atoms with van der Waals surface area (Å²) in [6, 6.07) is 15.0. The number of benzene rings is 2. The molecule has 0 spiro atoms. The third-order valence-electron chi connectivity index (χ3n) is 4.82. The van der Waals surface area contributed by atoms with Gasteiger partial charge >= 0.3 is 0 Å². The van der Waals surface area contributed by atoms with Gasteiger partial charge in [-0.2, -0.15) is 5.10 Å². The van der Waals surface area contributed by atoms with Gasteiger partial charge in [0.15, 0.2) is 5.78 Å². The number of hydrogen-bond donors (Lipinski definition) is 1. The second-order valence-electron chi connectivity index (χ2n) is 6.79. The summed E-state index contributed by atoms with van der Waals surface area (Å²) >= 11 is 0. The molecule has 0 fully saturated rings. The number of pyridine rings is 1. The van der Waals surface area contributed by atoms with Crippen molar-refractivity contribution in [2.75, 3.05) is 5.32 Å². The summed E-state index contributed by atoms with van der Waals surface area (Å²) in [4.78, 5) is 30.1. The summed E-state index contributed by atoms with van der Waals surface area (Å²) in [6.45, 7) is 3.49. The van der Waals surface area contributed by atoms with Crippen LogP contribution in [0.15, 0.2) is 65.6 Å². The lowest BCUT2D eigenvalue weighted by Gasteiger charge is -2.16. The van der Waals surface area contributed by atoms with Crippen LogP contribution in [-0.4, -0.2) is 20.5 Å². The molecule has 0 saturated heterocycles. The molecule has 0 aliphatic heterocycles. The number of hydrogen-bond acceptors (Lipinski definition) is 5. The highest BCUT2D eigenvalue weighted by molar-refractivity contribution is 6.06. The van der Waals surface area contributed by atoms with Crippen LogP contribution in [0.2, 0.25) is 0 Å². The Morgan fingerprint density at radius 2 is 1.83 bits per heavy atom. The van der Waals surface area contributed by atoms with Crippen molar-refractivity contribution in [2.45, 2.75) is 20.4 Å². The molecule has 30 heavy (non-hydrogen) atoms. The van der Waals surface area contributed by atoms with Crippen LogP contribution in [0.3, 0.4) is 0 Å². The highest BCUT2D eigenvalue weighted by Gasteiger charge is 2.22. The predicted octanol–water partition coefficient (Wildman–Crippen LogP) is 4.56. The fourth-order valence-corrected chi connectivity index (χ4v) is 3.39. The van der Waals surface area contributed by atoms with Crippen molar-refractivity contribution in [3.8, 4) is 11.3 Å². The number of aromatic nitrogens is 3. The van der Waals surface area contributed by atoms with E-state index in [0.717, 1.165) is 5.39 Å². The first-order valence-electron chi connectivity index (χ1n) is 9.52. The van der Waals surface area contributed by atoms with Gasteiger partial charge in [0.2, 0.25) is 0 Å². The summed E-state index contributed by atoms with van der Waals surface area (Å²) in [7, 11) is 0. The molecule has 2 aromatic carbocycles. The van der Waals surface area contributed by atoms with E-state index in [4.69, 9.17) is 0 Å². The maximum atomic E-state index is 13.4. The first-order valence-corrected chi connectivity index (χ1v) is 9.52. The topological polar surface area (TPSA) is 76.9 Å². The molecule has 0 aliphatic carbocycles. The molecular formula is C23H19FN4O2. The second-order valence-corrected chi connectivity index (χ2v) is 6.79. The fraction of sp³-hybridized carbons (Fsp3) is 0.130. The van der Waals surface area contributed by atoms with E-state index in [-0.39, 0.29) is 17.0 Å². The smallest absolute Gasteiger partial charge is 0.291 e. The van der Waals surface area contributed by atoms with Crippen LogP contribution in [0.1, 0.15) is 24.2 Å². The number of rotatable bonds is 5. The summed E-state index contributed by atoms with van der Waals surface area (Å²) < 4.78 is 14.7. The van der Waals surface area contributed by atoms with Crippen molar-refractivity contribution in [1.82, 2.24) is 14.8 Å². The molecule has 6 nitrogen and oxygen atoms in total. The van der Waals surface area contributed by atoms with Crippen LogP contribution in [0, 0.1) is 5.82 Å². The standard InChI is InChI=1S/C23H19FN4O2/c1-3-28-23(30)22(26-18-8-4-6-15-7-5-13-25-20(15)18)19(14(2)29)21(27-28)16-9-11-17(24)12-10-16/h4-13,26H,3H2,1-2H3. The van der Waals surface area contributed by atoms with Crippen LogP contribution >= 0.6 is 0 Å². The highest BCUT2D eigenvalue weighted by atomic mass is 19.1. The van der Waals surface area contributed by atoms with Crippen molar-refractivity contribution >= 4 is 28.1 Å². The number of fused-ring (bicyclic) bond motifs is 1. The Kier molecular flexibility index (Phi) is 5.10. The number of carbonyl (C=O) groups is 1. The molecule has 150 valence electrons. The van der Waals surface area contributed by atoms with E-state index in [1.54, 1.807) is 19.2 Å². The summed E-state index contributed by atoms with van der Waals surface area (Å²) in [6.07, 6.45) is 1.67. The van der Waals surface area contributed by atoms with Gasteiger partial charge in [-0.05, 0) is 50.2 Å². The normalized spacial score (nSPS) is 10.9. The molecule has 0 saturated carbocycles. The Bertz CT molecular complexity index is 1310. The van der Waals surface area contributed by atoms with Crippen molar-refractivity contribution in [2.24, 2.45) is 0 Å². The summed E-state index contributed by atoms with van der Waals surface area (Å²) in [5, 5.41) is 8.41. The Morgan fingerprint density at radius 3 is 2.53 bits per heavy atom. The minimum atomic E-state index is -0.415. The number of nitrogens with zero attached hydrogens (tertiary/aromatic N) is 3. The van der Waals surface area contributed by atoms with E-state index in [2.05, 4.69) is 15.4 Å². The van der Waals surface area contributed by atoms with E-state index >= 15 is 0 Å². The SMILES string of the molecule is CCn1nc(-c2ccc(F)cc2)c(C(C)=O)c(Nc2cccc3cccnc23)c1=O. The molecule has 4 aromatic rings. The first kappa shape index (κ1) is 19.4. The molecule has 7 heteroatoms. The average molecular weight is 402 g/mol. The molecular weight excluding hydrogens is 383 g/mol. The first-order chi connectivity index (χ1) is 14.5. The third kappa shape index (κ3) is 3.45. The van der Waals surface area contributed by atoms with Gasteiger partial charge in [0.05, 0.1) is 16.8 Å². The van der Waals surface area contributed by atoms with Gasteiger partial charge in [-0.1, -0.05) is 18.2 Å². The molecule has 0 aliphatic rings. The van der Waals surface area contributed by atoms with Gasteiger partial charge in [0.1, 0.15) is 17.2 Å². The number of halogens is 1. The maximum absolute atomic E-state index is 13.4. The largest absolute Gasteiger partial charge is 0.349 e. The van der Waals surface area contributed by atoms with Crippen LogP contribution < -0.4 is 10.9 Å². The Labute approximate surface area is 172 Å². The molecule has 2 heterocycles. The van der Waals surface area contributed by atoms with Gasteiger partial charge in [0.25, 0.3) is 5.56 Å². The quantitative estimate of drug-likeness (QED) is 0.495. The van der Waals surface area contributed by atoms with Gasteiger partial charge in [0, 0.05) is 23.7 Å². The second kappa shape index (κ2) is 7.87.